The van der Waals surface area contributed by atoms with Crippen molar-refractivity contribution in [1.82, 2.24) is 14.9 Å². The molecule has 0 saturated carbocycles. The summed E-state index contributed by atoms with van der Waals surface area (Å²) in [4.78, 5) is 12.1. The fourth-order valence-corrected chi connectivity index (χ4v) is 5.86. The van der Waals surface area contributed by atoms with Gasteiger partial charge < -0.3 is 10.2 Å². The van der Waals surface area contributed by atoms with Crippen LogP contribution >= 0.6 is 35.6 Å². The van der Waals surface area contributed by atoms with Gasteiger partial charge in [-0.1, -0.05) is 96.0 Å². The molecule has 1 heterocycles. The summed E-state index contributed by atoms with van der Waals surface area (Å²) in [5.74, 6) is 0.766. The monoisotopic (exact) mass is 614 g/mol. The largest absolute Gasteiger partial charge is 0.324 e. The van der Waals surface area contributed by atoms with E-state index in [1.54, 1.807) is 0 Å². The number of nitrogens with zero attached hydrogens (tertiary/aromatic N) is 3. The Morgan fingerprint density at radius 3 is 2.36 bits per heavy atom. The second-order valence-corrected chi connectivity index (χ2v) is 11.5. The van der Waals surface area contributed by atoms with Crippen LogP contribution in [0, 0.1) is 0 Å². The minimum absolute atomic E-state index is 0. The van der Waals surface area contributed by atoms with Crippen LogP contribution in [0.4, 0.5) is 11.6 Å². The van der Waals surface area contributed by atoms with E-state index in [0.717, 1.165) is 60.4 Å². The van der Waals surface area contributed by atoms with E-state index in [0.29, 0.717) is 16.0 Å². The lowest BCUT2D eigenvalue weighted by Crippen LogP contribution is -2.23. The lowest BCUT2D eigenvalue weighted by Gasteiger charge is -2.27. The topological polar surface area (TPSA) is 41.0 Å². The molecule has 1 atom stereocenters. The molecule has 4 nitrogen and oxygen atoms in total. The normalized spacial score (nSPS) is 13.7. The van der Waals surface area contributed by atoms with E-state index >= 15 is 0 Å². The van der Waals surface area contributed by atoms with Crippen LogP contribution in [0.3, 0.4) is 0 Å². The molecule has 0 radical (unpaired) electrons. The molecule has 214 valence electrons. The quantitative estimate of drug-likeness (QED) is 0.180. The van der Waals surface area contributed by atoms with Gasteiger partial charge in [0.25, 0.3) is 0 Å². The molecule has 0 saturated heterocycles. The number of nitrogens with one attached hydrogen (secondary N) is 1. The molecule has 7 heteroatoms. The van der Waals surface area contributed by atoms with E-state index in [1.165, 1.54) is 16.7 Å². The van der Waals surface area contributed by atoms with Gasteiger partial charge in [-0.25, -0.2) is 9.97 Å². The van der Waals surface area contributed by atoms with E-state index in [4.69, 9.17) is 33.2 Å². The van der Waals surface area contributed by atoms with Gasteiger partial charge in [0.1, 0.15) is 0 Å². The first-order valence-corrected chi connectivity index (χ1v) is 14.8. The van der Waals surface area contributed by atoms with Gasteiger partial charge >= 0.3 is 0 Å². The van der Waals surface area contributed by atoms with E-state index in [9.17, 15) is 0 Å². The maximum absolute atomic E-state index is 6.37. The third-order valence-corrected chi connectivity index (χ3v) is 8.56. The van der Waals surface area contributed by atoms with Gasteiger partial charge in [0.15, 0.2) is 0 Å². The Morgan fingerprint density at radius 2 is 1.55 bits per heavy atom. The van der Waals surface area contributed by atoms with Crippen molar-refractivity contribution in [2.75, 3.05) is 25.5 Å². The molecule has 4 aromatic carbocycles. The number of fused-ring (bicyclic) bond motifs is 3. The van der Waals surface area contributed by atoms with Crippen LogP contribution in [0.5, 0.6) is 0 Å². The van der Waals surface area contributed by atoms with Crippen molar-refractivity contribution in [3.05, 3.63) is 141 Å². The number of hydrogen-bond donors (Lipinski definition) is 1. The van der Waals surface area contributed by atoms with Crippen molar-refractivity contribution in [1.29, 1.82) is 0 Å². The minimum Gasteiger partial charge on any atom is -0.324 e. The number of hydrogen-bond acceptors (Lipinski definition) is 4. The van der Waals surface area contributed by atoms with Gasteiger partial charge in [-0.15, -0.1) is 12.4 Å². The zero-order valence-corrected chi connectivity index (χ0v) is 25.8. The Balaban J connectivity index is 0.00000353. The lowest BCUT2D eigenvalue weighted by molar-refractivity contribution is 0.343. The van der Waals surface area contributed by atoms with Crippen molar-refractivity contribution < 1.29 is 0 Å². The summed E-state index contributed by atoms with van der Waals surface area (Å²) in [6, 6.07) is 33.6. The van der Waals surface area contributed by atoms with Crippen LogP contribution in [-0.4, -0.2) is 35.0 Å². The molecule has 1 aliphatic rings. The molecule has 5 aromatic rings. The van der Waals surface area contributed by atoms with Gasteiger partial charge in [-0.3, -0.25) is 0 Å². The van der Waals surface area contributed by atoms with Crippen LogP contribution in [0.15, 0.2) is 103 Å². The Morgan fingerprint density at radius 1 is 0.810 bits per heavy atom. The molecular weight excluding hydrogens is 583 g/mol. The van der Waals surface area contributed by atoms with Crippen molar-refractivity contribution in [2.45, 2.75) is 25.2 Å². The zero-order chi connectivity index (χ0) is 28.2. The third kappa shape index (κ3) is 6.96. The fraction of sp³-hybridized carbons (Fsp3) is 0.200. The van der Waals surface area contributed by atoms with Crippen molar-refractivity contribution >= 4 is 47.2 Å². The van der Waals surface area contributed by atoms with Crippen LogP contribution < -0.4 is 5.32 Å². The molecule has 0 bridgehead atoms. The lowest BCUT2D eigenvalue weighted by atomic mass is 9.78. The van der Waals surface area contributed by atoms with Gasteiger partial charge in [-0.2, -0.15) is 0 Å². The average Bonchev–Trinajstić information content (AvgIpc) is 3.01. The van der Waals surface area contributed by atoms with Crippen LogP contribution in [0.2, 0.25) is 10.0 Å². The van der Waals surface area contributed by atoms with Crippen molar-refractivity contribution in [2.24, 2.45) is 0 Å². The highest BCUT2D eigenvalue weighted by Crippen LogP contribution is 2.43. The number of aromatic nitrogens is 2. The summed E-state index contributed by atoms with van der Waals surface area (Å²) in [5, 5.41) is 4.59. The van der Waals surface area contributed by atoms with E-state index in [-0.39, 0.29) is 18.3 Å². The fourth-order valence-electron chi connectivity index (χ4n) is 5.55. The second-order valence-electron chi connectivity index (χ2n) is 10.7. The molecule has 0 spiro atoms. The summed E-state index contributed by atoms with van der Waals surface area (Å²) in [6.07, 6.45) is 4.80. The molecule has 0 fully saturated rings. The predicted octanol–water partition coefficient (Wildman–Crippen LogP) is 9.02. The highest BCUT2D eigenvalue weighted by atomic mass is 35.5. The highest BCUT2D eigenvalue weighted by molar-refractivity contribution is 6.42. The Bertz CT molecular complexity index is 1660. The summed E-state index contributed by atoms with van der Waals surface area (Å²) in [7, 11) is 2.19. The number of anilines is 2. The maximum Gasteiger partial charge on any atom is 0.227 e. The first-order chi connectivity index (χ1) is 20.0. The highest BCUT2D eigenvalue weighted by Gasteiger charge is 2.27. The Labute approximate surface area is 264 Å². The molecule has 0 amide bonds. The number of likely N-dealkylation sites (N-methyl/N-ethyl adjacent to an activating group) is 1. The summed E-state index contributed by atoms with van der Waals surface area (Å²) < 4.78 is 0. The van der Waals surface area contributed by atoms with E-state index in [1.807, 2.05) is 18.3 Å². The first kappa shape index (κ1) is 30.1. The van der Waals surface area contributed by atoms with Crippen molar-refractivity contribution in [3.63, 3.8) is 0 Å². The molecular formula is C35H33Cl3N4. The first-order valence-electron chi connectivity index (χ1n) is 14.0. The Kier molecular flexibility index (Phi) is 9.81. The zero-order valence-electron chi connectivity index (χ0n) is 23.4. The van der Waals surface area contributed by atoms with E-state index in [2.05, 4.69) is 102 Å². The standard InChI is InChI=1S/C35H32Cl2N4.ClH/c1-41(18-16-24-8-3-2-4-9-24)19-17-25-10-7-11-28(20-25)39-35-38-23-27-21-31(26-14-15-32(36)33(37)22-26)29-12-5-6-13-30(29)34(27)40-35;/h2-15,20,22-23,31H,16-19,21H2,1H3,(H,38,39,40);1H. The van der Waals surface area contributed by atoms with Crippen LogP contribution in [-0.2, 0) is 19.3 Å². The molecule has 6 rings (SSSR count). The SMILES string of the molecule is CN(CCc1ccccc1)CCc1cccc(Nc2ncc3c(n2)-c2ccccc2C(c2ccc(Cl)c(Cl)c2)C3)c1.Cl. The minimum atomic E-state index is 0. The third-order valence-electron chi connectivity index (χ3n) is 7.82. The predicted molar refractivity (Wildman–Crippen MR) is 178 cm³/mol. The van der Waals surface area contributed by atoms with Gasteiger partial charge in [0, 0.05) is 36.5 Å². The molecule has 0 aliphatic heterocycles. The average molecular weight is 616 g/mol. The Hall–Kier alpha value is -3.41. The molecule has 1 unspecified atom stereocenters. The van der Waals surface area contributed by atoms with Crippen LogP contribution in [0.1, 0.15) is 33.7 Å². The summed E-state index contributed by atoms with van der Waals surface area (Å²) >= 11 is 12.6. The summed E-state index contributed by atoms with van der Waals surface area (Å²) in [6.45, 7) is 2.04. The maximum atomic E-state index is 6.37. The van der Waals surface area contributed by atoms with Gasteiger partial charge in [0.05, 0.1) is 15.7 Å². The number of halogens is 3. The smallest absolute Gasteiger partial charge is 0.227 e. The van der Waals surface area contributed by atoms with Gasteiger partial charge in [-0.05, 0) is 78.4 Å². The van der Waals surface area contributed by atoms with E-state index < -0.39 is 0 Å². The molecule has 42 heavy (non-hydrogen) atoms. The number of benzene rings is 4. The number of rotatable bonds is 9. The molecule has 1 aliphatic carbocycles. The summed E-state index contributed by atoms with van der Waals surface area (Å²) in [5.41, 5.74) is 9.26. The second kappa shape index (κ2) is 13.7. The molecule has 1 aromatic heterocycles. The molecule has 1 N–H and O–H groups in total. The van der Waals surface area contributed by atoms with Gasteiger partial charge in [0.2, 0.25) is 5.95 Å². The van der Waals surface area contributed by atoms with Crippen molar-refractivity contribution in [3.8, 4) is 11.3 Å². The van der Waals surface area contributed by atoms with Crippen LogP contribution in [0.25, 0.3) is 11.3 Å².